The van der Waals surface area contributed by atoms with Crippen LogP contribution in [0.25, 0.3) is 0 Å². The summed E-state index contributed by atoms with van der Waals surface area (Å²) >= 11 is 2.80. The molecule has 3 heterocycles. The predicted molar refractivity (Wildman–Crippen MR) is 85.1 cm³/mol. The summed E-state index contributed by atoms with van der Waals surface area (Å²) in [6.07, 6.45) is 0.344. The van der Waals surface area contributed by atoms with Crippen molar-refractivity contribution in [1.82, 2.24) is 4.90 Å². The topological polar surface area (TPSA) is 121 Å². The maximum Gasteiger partial charge on any atom is 0.352 e. The fourth-order valence-corrected chi connectivity index (χ4v) is 5.03. The maximum absolute atomic E-state index is 11.9. The lowest BCUT2D eigenvalue weighted by Gasteiger charge is -2.48. The number of nitrogens with zero attached hydrogens (tertiary/aromatic N) is 1. The van der Waals surface area contributed by atoms with Crippen molar-refractivity contribution in [1.29, 1.82) is 0 Å². The lowest BCUT2D eigenvalue weighted by molar-refractivity contribution is -0.148. The molecule has 7 nitrogen and oxygen atoms in total. The normalized spacial score (nSPS) is 23.5. The molecule has 1 amide bonds. The van der Waals surface area contributed by atoms with E-state index in [0.29, 0.717) is 22.6 Å². The largest absolute Gasteiger partial charge is 0.481 e. The second-order valence-electron chi connectivity index (χ2n) is 5.31. The van der Waals surface area contributed by atoms with Gasteiger partial charge in [0.1, 0.15) is 17.1 Å². The number of carbonyl (C=O) groups is 3. The molecule has 3 rings (SSSR count). The number of thiophene rings is 1. The van der Waals surface area contributed by atoms with Gasteiger partial charge in [-0.05, 0) is 17.7 Å². The Balaban J connectivity index is 1.85. The molecule has 23 heavy (non-hydrogen) atoms. The Morgan fingerprint density at radius 3 is 2.65 bits per heavy atom. The van der Waals surface area contributed by atoms with Crippen molar-refractivity contribution in [3.8, 4) is 0 Å². The highest BCUT2D eigenvalue weighted by atomic mass is 32.2. The monoisotopic (exact) mass is 354 g/mol. The summed E-state index contributed by atoms with van der Waals surface area (Å²) in [5.41, 5.74) is 6.38. The van der Waals surface area contributed by atoms with Crippen LogP contribution in [0.4, 0.5) is 0 Å². The van der Waals surface area contributed by atoms with Crippen LogP contribution in [-0.2, 0) is 27.2 Å². The van der Waals surface area contributed by atoms with E-state index in [1.807, 2.05) is 0 Å². The van der Waals surface area contributed by atoms with Gasteiger partial charge in [-0.25, -0.2) is 4.79 Å². The third-order valence-corrected chi connectivity index (χ3v) is 6.17. The van der Waals surface area contributed by atoms with E-state index in [1.165, 1.54) is 28.0 Å². The summed E-state index contributed by atoms with van der Waals surface area (Å²) in [5.74, 6) is -1.90. The van der Waals surface area contributed by atoms with Gasteiger partial charge in [0, 0.05) is 21.9 Å². The average Bonchev–Trinajstić information content (AvgIpc) is 2.91. The number of fused-ring (bicyclic) bond motifs is 1. The molecule has 1 fully saturated rings. The molecule has 2 aliphatic heterocycles. The smallest absolute Gasteiger partial charge is 0.352 e. The third-order valence-electron chi connectivity index (χ3n) is 3.72. The molecule has 0 bridgehead atoms. The van der Waals surface area contributed by atoms with E-state index in [9.17, 15) is 19.5 Å². The zero-order valence-electron chi connectivity index (χ0n) is 11.9. The number of nitrogens with two attached hydrogens (primary N) is 1. The number of carboxylic acid groups (broad SMARTS) is 2. The van der Waals surface area contributed by atoms with Crippen LogP contribution in [0.3, 0.4) is 0 Å². The third kappa shape index (κ3) is 2.87. The van der Waals surface area contributed by atoms with Gasteiger partial charge >= 0.3 is 11.9 Å². The minimum Gasteiger partial charge on any atom is -0.481 e. The van der Waals surface area contributed by atoms with Crippen molar-refractivity contribution in [2.24, 2.45) is 5.73 Å². The highest BCUT2D eigenvalue weighted by Crippen LogP contribution is 2.40. The fourth-order valence-electron chi connectivity index (χ4n) is 2.69. The SMILES string of the molecule is N[C@@H]1C(=O)N2C(C(=O)O)=C(Cc3ccc(CC(=O)O)s3)CS[C@@H]12. The van der Waals surface area contributed by atoms with Gasteiger partial charge in [-0.3, -0.25) is 14.5 Å². The molecule has 1 aromatic heterocycles. The maximum atomic E-state index is 11.9. The van der Waals surface area contributed by atoms with Crippen molar-refractivity contribution >= 4 is 40.9 Å². The van der Waals surface area contributed by atoms with E-state index in [2.05, 4.69) is 0 Å². The zero-order chi connectivity index (χ0) is 16.7. The molecule has 1 aromatic rings. The number of carbonyl (C=O) groups excluding carboxylic acids is 1. The van der Waals surface area contributed by atoms with E-state index >= 15 is 0 Å². The Labute approximate surface area is 139 Å². The van der Waals surface area contributed by atoms with Crippen LogP contribution in [0.15, 0.2) is 23.4 Å². The zero-order valence-corrected chi connectivity index (χ0v) is 13.5. The van der Waals surface area contributed by atoms with Gasteiger partial charge in [-0.2, -0.15) is 0 Å². The summed E-state index contributed by atoms with van der Waals surface area (Å²) in [6.45, 7) is 0. The predicted octanol–water partition coefficient (Wildman–Crippen LogP) is 0.499. The van der Waals surface area contributed by atoms with Crippen molar-refractivity contribution in [3.63, 3.8) is 0 Å². The number of hydrogen-bond acceptors (Lipinski definition) is 6. The molecule has 122 valence electrons. The molecule has 0 aliphatic carbocycles. The average molecular weight is 354 g/mol. The first-order valence-corrected chi connectivity index (χ1v) is 8.70. The van der Waals surface area contributed by atoms with Gasteiger partial charge in [0.15, 0.2) is 0 Å². The first-order chi connectivity index (χ1) is 10.9. The number of rotatable bonds is 5. The van der Waals surface area contributed by atoms with Crippen LogP contribution in [0.2, 0.25) is 0 Å². The van der Waals surface area contributed by atoms with Crippen molar-refractivity contribution in [3.05, 3.63) is 33.2 Å². The first kappa shape index (κ1) is 16.0. The van der Waals surface area contributed by atoms with Gasteiger partial charge in [0.05, 0.1) is 6.42 Å². The Hall–Kier alpha value is -1.84. The molecular formula is C14H14N2O5S2. The highest BCUT2D eigenvalue weighted by Gasteiger charge is 2.51. The van der Waals surface area contributed by atoms with Crippen molar-refractivity contribution in [2.45, 2.75) is 24.3 Å². The molecule has 2 aliphatic rings. The van der Waals surface area contributed by atoms with E-state index in [0.717, 1.165) is 4.88 Å². The number of aliphatic carboxylic acids is 2. The van der Waals surface area contributed by atoms with Crippen molar-refractivity contribution < 1.29 is 24.6 Å². The number of β-lactam (4-membered cyclic amide) rings is 1. The second-order valence-corrected chi connectivity index (χ2v) is 7.67. The van der Waals surface area contributed by atoms with Crippen LogP contribution < -0.4 is 5.73 Å². The highest BCUT2D eigenvalue weighted by molar-refractivity contribution is 8.00. The van der Waals surface area contributed by atoms with Gasteiger partial charge in [-0.1, -0.05) is 0 Å². The Morgan fingerprint density at radius 2 is 2.00 bits per heavy atom. The molecule has 0 spiro atoms. The van der Waals surface area contributed by atoms with Crippen LogP contribution >= 0.6 is 23.1 Å². The van der Waals surface area contributed by atoms with Crippen LogP contribution in [-0.4, -0.2) is 50.1 Å². The number of carboxylic acids is 2. The lowest BCUT2D eigenvalue weighted by Crippen LogP contribution is -2.68. The number of amides is 1. The van der Waals surface area contributed by atoms with E-state index in [4.69, 9.17) is 10.8 Å². The molecule has 2 atom stereocenters. The van der Waals surface area contributed by atoms with Gasteiger partial charge in [0.25, 0.3) is 0 Å². The van der Waals surface area contributed by atoms with E-state index in [-0.39, 0.29) is 23.4 Å². The molecule has 0 aromatic carbocycles. The molecule has 4 N–H and O–H groups in total. The number of hydrogen-bond donors (Lipinski definition) is 3. The number of thioether (sulfide) groups is 1. The minimum absolute atomic E-state index is 0.0219. The molecule has 1 saturated heterocycles. The van der Waals surface area contributed by atoms with E-state index in [1.54, 1.807) is 12.1 Å². The van der Waals surface area contributed by atoms with Crippen LogP contribution in [0.1, 0.15) is 9.75 Å². The van der Waals surface area contributed by atoms with Crippen LogP contribution in [0, 0.1) is 0 Å². The standard InChI is InChI=1S/C14H14N2O5S2/c15-10-12(19)16-11(14(20)21)6(5-22-13(10)16)3-7-1-2-8(23-7)4-9(17)18/h1-2,10,13H,3-5,15H2,(H,17,18)(H,20,21)/t10-,13+/m1/s1. The summed E-state index contributed by atoms with van der Waals surface area (Å²) in [4.78, 5) is 37.0. The Kier molecular flexibility index (Phi) is 4.17. The lowest BCUT2D eigenvalue weighted by atomic mass is 10.0. The summed E-state index contributed by atoms with van der Waals surface area (Å²) < 4.78 is 0. The Bertz CT molecular complexity index is 727. The minimum atomic E-state index is -1.13. The van der Waals surface area contributed by atoms with Crippen molar-refractivity contribution in [2.75, 3.05) is 5.75 Å². The molecule has 0 saturated carbocycles. The molecular weight excluding hydrogens is 340 g/mol. The molecule has 9 heteroatoms. The summed E-state index contributed by atoms with van der Waals surface area (Å²) in [5, 5.41) is 18.0. The van der Waals surface area contributed by atoms with Crippen LogP contribution in [0.5, 0.6) is 0 Å². The fraction of sp³-hybridized carbons (Fsp3) is 0.357. The van der Waals surface area contributed by atoms with Gasteiger partial charge in [-0.15, -0.1) is 23.1 Å². The second kappa shape index (κ2) is 5.99. The van der Waals surface area contributed by atoms with E-state index < -0.39 is 18.0 Å². The summed E-state index contributed by atoms with van der Waals surface area (Å²) in [7, 11) is 0. The van der Waals surface area contributed by atoms with Gasteiger partial charge in [0.2, 0.25) is 5.91 Å². The molecule has 0 radical (unpaired) electrons. The van der Waals surface area contributed by atoms with Gasteiger partial charge < -0.3 is 15.9 Å². The summed E-state index contributed by atoms with van der Waals surface area (Å²) in [6, 6.07) is 2.90. The first-order valence-electron chi connectivity index (χ1n) is 6.83. The quantitative estimate of drug-likeness (QED) is 0.658. The Morgan fingerprint density at radius 1 is 1.30 bits per heavy atom. The molecule has 0 unspecified atom stereocenters.